The van der Waals surface area contributed by atoms with E-state index >= 15 is 0 Å². The summed E-state index contributed by atoms with van der Waals surface area (Å²) in [6.07, 6.45) is 1.50. The maximum absolute atomic E-state index is 11.9. The minimum absolute atomic E-state index is 0.139. The lowest BCUT2D eigenvalue weighted by Gasteiger charge is -2.11. The molecule has 0 bridgehead atoms. The quantitative estimate of drug-likeness (QED) is 0.366. The van der Waals surface area contributed by atoms with Gasteiger partial charge in [0.15, 0.2) is 5.65 Å². The van der Waals surface area contributed by atoms with Crippen molar-refractivity contribution in [2.75, 3.05) is 11.9 Å². The minimum Gasteiger partial charge on any atom is -0.462 e. The molecule has 2 aromatic heterocycles. The van der Waals surface area contributed by atoms with Gasteiger partial charge >= 0.3 is 11.7 Å². The Bertz CT molecular complexity index is 1300. The second-order valence-electron chi connectivity index (χ2n) is 6.78. The van der Waals surface area contributed by atoms with Crippen LogP contribution in [0.1, 0.15) is 22.8 Å². The normalized spacial score (nSPS) is 10.7. The summed E-state index contributed by atoms with van der Waals surface area (Å²) in [6, 6.07) is 18.6. The van der Waals surface area contributed by atoms with Crippen LogP contribution < -0.4 is 11.0 Å². The van der Waals surface area contributed by atoms with Gasteiger partial charge in [-0.2, -0.15) is 4.98 Å². The van der Waals surface area contributed by atoms with E-state index in [1.165, 1.54) is 6.20 Å². The Kier molecular flexibility index (Phi) is 5.61. The first-order chi connectivity index (χ1) is 15.1. The van der Waals surface area contributed by atoms with E-state index in [9.17, 15) is 14.8 Å². The zero-order valence-electron chi connectivity index (χ0n) is 16.8. The van der Waals surface area contributed by atoms with Gasteiger partial charge in [0, 0.05) is 12.7 Å². The number of hydrogen-bond donors (Lipinski definition) is 2. The summed E-state index contributed by atoms with van der Waals surface area (Å²) in [5.74, 6) is 0.00798. The summed E-state index contributed by atoms with van der Waals surface area (Å²) in [5.41, 5.74) is 2.77. The molecule has 0 fully saturated rings. The number of carbonyl (C=O) groups is 1. The van der Waals surface area contributed by atoms with Gasteiger partial charge in [0.2, 0.25) is 0 Å². The average molecular weight is 416 g/mol. The molecule has 0 unspecified atom stereocenters. The number of carbonyl (C=O) groups excluding carboxylic acids is 1. The molecule has 0 aliphatic heterocycles. The molecule has 8 heteroatoms. The van der Waals surface area contributed by atoms with Crippen LogP contribution >= 0.6 is 0 Å². The molecule has 31 heavy (non-hydrogen) atoms. The molecule has 4 aromatic rings. The van der Waals surface area contributed by atoms with Crippen molar-refractivity contribution >= 4 is 22.8 Å². The Morgan fingerprint density at radius 1 is 1.10 bits per heavy atom. The van der Waals surface area contributed by atoms with Crippen LogP contribution in [0.25, 0.3) is 22.2 Å². The molecule has 2 aromatic carbocycles. The molecule has 0 amide bonds. The van der Waals surface area contributed by atoms with Crippen LogP contribution in [0.15, 0.2) is 71.7 Å². The number of nitrogens with one attached hydrogen (secondary N) is 1. The van der Waals surface area contributed by atoms with Crippen LogP contribution in [0, 0.1) is 0 Å². The molecule has 0 spiro atoms. The molecule has 156 valence electrons. The predicted molar refractivity (Wildman–Crippen MR) is 116 cm³/mol. The highest BCUT2D eigenvalue weighted by Gasteiger charge is 2.11. The molecule has 8 nitrogen and oxygen atoms in total. The van der Waals surface area contributed by atoms with E-state index in [0.29, 0.717) is 34.6 Å². The zero-order chi connectivity index (χ0) is 21.8. The average Bonchev–Trinajstić information content (AvgIpc) is 2.81. The fraction of sp³-hybridized carbons (Fsp3) is 0.130. The predicted octanol–water partition coefficient (Wildman–Crippen LogP) is 3.48. The number of fused-ring (bicyclic) bond motifs is 1. The molecule has 0 radical (unpaired) electrons. The van der Waals surface area contributed by atoms with Gasteiger partial charge in [-0.15, -0.1) is 4.73 Å². The maximum atomic E-state index is 11.9. The number of esters is 1. The van der Waals surface area contributed by atoms with E-state index in [0.717, 1.165) is 16.7 Å². The molecule has 0 saturated heterocycles. The Morgan fingerprint density at radius 2 is 1.90 bits per heavy atom. The van der Waals surface area contributed by atoms with E-state index in [2.05, 4.69) is 15.3 Å². The molecule has 0 aliphatic carbocycles. The van der Waals surface area contributed by atoms with Crippen LogP contribution in [0.4, 0.5) is 5.82 Å². The standard InChI is InChI=1S/C23H20N4O4/c1-2-31-22(28)17-10-8-16(9-11-17)18-6-3-5-15(13-18)14-25-20-19-7-4-12-24-21(19)27(30)23(29)26-20/h3-13,30H,2,14H2,1H3,(H,25,26,29). The summed E-state index contributed by atoms with van der Waals surface area (Å²) in [6.45, 7) is 2.53. The fourth-order valence-electron chi connectivity index (χ4n) is 3.24. The lowest BCUT2D eigenvalue weighted by molar-refractivity contribution is 0.0526. The third-order valence-corrected chi connectivity index (χ3v) is 4.75. The highest BCUT2D eigenvalue weighted by molar-refractivity contribution is 5.90. The topological polar surface area (TPSA) is 106 Å². The first-order valence-corrected chi connectivity index (χ1v) is 9.74. The Morgan fingerprint density at radius 3 is 2.68 bits per heavy atom. The van der Waals surface area contributed by atoms with E-state index in [1.807, 2.05) is 36.4 Å². The number of benzene rings is 2. The fourth-order valence-corrected chi connectivity index (χ4v) is 3.24. The van der Waals surface area contributed by atoms with Crippen molar-refractivity contribution in [2.24, 2.45) is 0 Å². The number of anilines is 1. The lowest BCUT2D eigenvalue weighted by Crippen LogP contribution is -2.23. The van der Waals surface area contributed by atoms with E-state index < -0.39 is 5.69 Å². The van der Waals surface area contributed by atoms with Crippen molar-refractivity contribution in [3.8, 4) is 11.1 Å². The van der Waals surface area contributed by atoms with Crippen molar-refractivity contribution in [1.29, 1.82) is 0 Å². The van der Waals surface area contributed by atoms with Crippen molar-refractivity contribution in [1.82, 2.24) is 14.7 Å². The SMILES string of the molecule is CCOC(=O)c1ccc(-c2cccc(CNc3nc(=O)n(O)c4ncccc34)c2)cc1. The Hall–Kier alpha value is -4.20. The lowest BCUT2D eigenvalue weighted by atomic mass is 10.0. The number of aromatic nitrogens is 3. The van der Waals surface area contributed by atoms with Gasteiger partial charge in [0.05, 0.1) is 17.6 Å². The van der Waals surface area contributed by atoms with Gasteiger partial charge < -0.3 is 15.3 Å². The molecule has 0 saturated carbocycles. The molecule has 0 aliphatic rings. The Labute approximate surface area is 177 Å². The largest absolute Gasteiger partial charge is 0.462 e. The first kappa shape index (κ1) is 20.1. The van der Waals surface area contributed by atoms with Gasteiger partial charge in [-0.1, -0.05) is 30.3 Å². The first-order valence-electron chi connectivity index (χ1n) is 9.74. The summed E-state index contributed by atoms with van der Waals surface area (Å²) in [5, 5.41) is 13.5. The van der Waals surface area contributed by atoms with Crippen molar-refractivity contribution in [3.05, 3.63) is 88.5 Å². The second-order valence-corrected chi connectivity index (χ2v) is 6.78. The second kappa shape index (κ2) is 8.66. The van der Waals surface area contributed by atoms with E-state index in [4.69, 9.17) is 4.74 Å². The van der Waals surface area contributed by atoms with Crippen molar-refractivity contribution in [2.45, 2.75) is 13.5 Å². The molecule has 4 rings (SSSR count). The zero-order valence-corrected chi connectivity index (χ0v) is 16.8. The van der Waals surface area contributed by atoms with Crippen LogP contribution in [0.3, 0.4) is 0 Å². The molecule has 0 atom stereocenters. The Balaban J connectivity index is 1.55. The van der Waals surface area contributed by atoms with Gasteiger partial charge in [-0.25, -0.2) is 14.6 Å². The minimum atomic E-state index is -0.802. The number of ether oxygens (including phenoxy) is 1. The third kappa shape index (κ3) is 4.23. The molecular formula is C23H20N4O4. The van der Waals surface area contributed by atoms with E-state index in [1.54, 1.807) is 31.2 Å². The van der Waals surface area contributed by atoms with Crippen LogP contribution in [-0.2, 0) is 11.3 Å². The molecule has 2 N–H and O–H groups in total. The smallest absolute Gasteiger partial charge is 0.384 e. The van der Waals surface area contributed by atoms with Gasteiger partial charge in [-0.05, 0) is 53.9 Å². The number of nitrogens with zero attached hydrogens (tertiary/aromatic N) is 3. The van der Waals surface area contributed by atoms with Gasteiger partial charge in [0.25, 0.3) is 0 Å². The van der Waals surface area contributed by atoms with E-state index in [-0.39, 0.29) is 11.6 Å². The highest BCUT2D eigenvalue weighted by atomic mass is 16.5. The maximum Gasteiger partial charge on any atom is 0.384 e. The number of hydrogen-bond acceptors (Lipinski definition) is 7. The van der Waals surface area contributed by atoms with Crippen molar-refractivity contribution < 1.29 is 14.7 Å². The molecular weight excluding hydrogens is 396 g/mol. The summed E-state index contributed by atoms with van der Waals surface area (Å²) in [7, 11) is 0. The monoisotopic (exact) mass is 416 g/mol. The number of pyridine rings is 1. The van der Waals surface area contributed by atoms with Gasteiger partial charge in [-0.3, -0.25) is 0 Å². The highest BCUT2D eigenvalue weighted by Crippen LogP contribution is 2.23. The van der Waals surface area contributed by atoms with Crippen molar-refractivity contribution in [3.63, 3.8) is 0 Å². The summed E-state index contributed by atoms with van der Waals surface area (Å²) < 4.78 is 5.45. The van der Waals surface area contributed by atoms with Crippen LogP contribution in [-0.4, -0.2) is 32.5 Å². The van der Waals surface area contributed by atoms with Crippen LogP contribution in [0.2, 0.25) is 0 Å². The summed E-state index contributed by atoms with van der Waals surface area (Å²) in [4.78, 5) is 31.7. The van der Waals surface area contributed by atoms with Crippen LogP contribution in [0.5, 0.6) is 0 Å². The number of rotatable bonds is 6. The summed E-state index contributed by atoms with van der Waals surface area (Å²) >= 11 is 0. The molecule has 2 heterocycles. The third-order valence-electron chi connectivity index (χ3n) is 4.75. The van der Waals surface area contributed by atoms with Gasteiger partial charge in [0.1, 0.15) is 5.82 Å².